The number of aliphatic hydroxyl groups excluding tert-OH is 1. The molecular formula is C11H17NO3. The monoisotopic (exact) mass is 211 g/mol. The third-order valence-corrected chi connectivity index (χ3v) is 2.10. The number of hydrogen-bond acceptors (Lipinski definition) is 4. The number of aliphatic hydroxyl groups is 2. The predicted octanol–water partition coefficient (Wildman–Crippen LogP) is 0.527. The fourth-order valence-corrected chi connectivity index (χ4v) is 1.42. The molecule has 0 heterocycles. The quantitative estimate of drug-likeness (QED) is 0.490. The second kappa shape index (κ2) is 5.70. The number of hydrogen-bond donors (Lipinski definition) is 3. The number of nitrogens with two attached hydrogens (primary N) is 1. The van der Waals surface area contributed by atoms with Crippen LogP contribution in [0.15, 0.2) is 24.3 Å². The molecule has 1 unspecified atom stereocenters. The lowest BCUT2D eigenvalue weighted by Gasteiger charge is -2.18. The van der Waals surface area contributed by atoms with Crippen molar-refractivity contribution in [2.24, 2.45) is 0 Å². The number of ether oxygens (including phenoxy) is 1. The van der Waals surface area contributed by atoms with E-state index in [0.717, 1.165) is 5.56 Å². The minimum Gasteiger partial charge on any atom is -0.399 e. The highest BCUT2D eigenvalue weighted by Gasteiger charge is 2.17. The maximum atomic E-state index is 9.07. The fourth-order valence-electron chi connectivity index (χ4n) is 1.42. The van der Waals surface area contributed by atoms with E-state index in [0.29, 0.717) is 18.7 Å². The third-order valence-electron chi connectivity index (χ3n) is 2.10. The molecule has 0 saturated carbocycles. The van der Waals surface area contributed by atoms with E-state index in [1.165, 1.54) is 0 Å². The molecule has 4 nitrogen and oxygen atoms in total. The maximum absolute atomic E-state index is 9.07. The molecule has 1 aromatic carbocycles. The molecule has 4 N–H and O–H groups in total. The molecule has 0 fully saturated rings. The number of nitrogen functional groups attached to an aromatic ring is 1. The molecule has 1 rings (SSSR count). The van der Waals surface area contributed by atoms with Crippen molar-refractivity contribution in [3.8, 4) is 0 Å². The Morgan fingerprint density at radius 1 is 1.40 bits per heavy atom. The summed E-state index contributed by atoms with van der Waals surface area (Å²) in [5, 5.41) is 18.1. The lowest BCUT2D eigenvalue weighted by molar-refractivity contribution is -0.142. The highest BCUT2D eigenvalue weighted by molar-refractivity contribution is 5.40. The molecule has 0 spiro atoms. The highest BCUT2D eigenvalue weighted by atomic mass is 16.5. The fraction of sp³-hybridized carbons (Fsp3) is 0.455. The lowest BCUT2D eigenvalue weighted by atomic mass is 10.1. The van der Waals surface area contributed by atoms with Crippen molar-refractivity contribution in [1.82, 2.24) is 0 Å². The van der Waals surface area contributed by atoms with E-state index in [-0.39, 0.29) is 0 Å². The first-order valence-corrected chi connectivity index (χ1v) is 4.95. The molecule has 0 bridgehead atoms. The van der Waals surface area contributed by atoms with Crippen LogP contribution in [0.3, 0.4) is 0 Å². The van der Waals surface area contributed by atoms with E-state index >= 15 is 0 Å². The first-order chi connectivity index (χ1) is 7.13. The van der Waals surface area contributed by atoms with Crippen molar-refractivity contribution < 1.29 is 14.9 Å². The third kappa shape index (κ3) is 3.87. The van der Waals surface area contributed by atoms with Crippen LogP contribution in [0.4, 0.5) is 5.69 Å². The second-order valence-electron chi connectivity index (χ2n) is 3.36. The van der Waals surface area contributed by atoms with E-state index in [1.54, 1.807) is 12.1 Å². The zero-order chi connectivity index (χ0) is 11.3. The summed E-state index contributed by atoms with van der Waals surface area (Å²) in [4.78, 5) is 0. The van der Waals surface area contributed by atoms with Crippen LogP contribution in [0.25, 0.3) is 0 Å². The minimum atomic E-state index is -1.47. The molecule has 0 aliphatic carbocycles. The first-order valence-electron chi connectivity index (χ1n) is 4.95. The Bertz CT molecular complexity index is 302. The topological polar surface area (TPSA) is 75.7 Å². The molecular weight excluding hydrogens is 194 g/mol. The molecule has 1 atom stereocenters. The van der Waals surface area contributed by atoms with Crippen molar-refractivity contribution in [3.63, 3.8) is 0 Å². The van der Waals surface area contributed by atoms with E-state index in [4.69, 9.17) is 20.7 Å². The zero-order valence-electron chi connectivity index (χ0n) is 8.76. The van der Waals surface area contributed by atoms with Gasteiger partial charge in [-0.25, -0.2) is 0 Å². The van der Waals surface area contributed by atoms with Gasteiger partial charge in [-0.15, -0.1) is 0 Å². The van der Waals surface area contributed by atoms with Crippen LogP contribution in [0.5, 0.6) is 0 Å². The van der Waals surface area contributed by atoms with Gasteiger partial charge in [0.15, 0.2) is 6.29 Å². The average molecular weight is 211 g/mol. The summed E-state index contributed by atoms with van der Waals surface area (Å²) in [5.41, 5.74) is 7.21. The molecule has 0 amide bonds. The Labute approximate surface area is 89.3 Å². The van der Waals surface area contributed by atoms with Gasteiger partial charge in [0, 0.05) is 18.7 Å². The Morgan fingerprint density at radius 3 is 2.67 bits per heavy atom. The van der Waals surface area contributed by atoms with Gasteiger partial charge in [0.2, 0.25) is 0 Å². The second-order valence-corrected chi connectivity index (χ2v) is 3.36. The van der Waals surface area contributed by atoms with Gasteiger partial charge < -0.3 is 20.7 Å². The van der Waals surface area contributed by atoms with Crippen molar-refractivity contribution in [1.29, 1.82) is 0 Å². The Kier molecular flexibility index (Phi) is 4.55. The largest absolute Gasteiger partial charge is 0.399 e. The van der Waals surface area contributed by atoms with Crippen molar-refractivity contribution in [3.05, 3.63) is 29.8 Å². The summed E-state index contributed by atoms with van der Waals surface area (Å²) >= 11 is 0. The van der Waals surface area contributed by atoms with Crippen LogP contribution in [0.1, 0.15) is 12.5 Å². The van der Waals surface area contributed by atoms with Crippen molar-refractivity contribution >= 4 is 5.69 Å². The smallest absolute Gasteiger partial charge is 0.178 e. The van der Waals surface area contributed by atoms with Crippen LogP contribution in [0.2, 0.25) is 0 Å². The van der Waals surface area contributed by atoms with Gasteiger partial charge in [0.25, 0.3) is 0 Å². The van der Waals surface area contributed by atoms with Crippen molar-refractivity contribution in [2.75, 3.05) is 12.3 Å². The Hall–Kier alpha value is -1.10. The minimum absolute atomic E-state index is 0.441. The molecule has 0 aliphatic rings. The summed E-state index contributed by atoms with van der Waals surface area (Å²) < 4.78 is 5.21. The summed E-state index contributed by atoms with van der Waals surface area (Å²) in [6.07, 6.45) is -1.63. The van der Waals surface area contributed by atoms with E-state index in [1.807, 2.05) is 19.1 Å². The summed E-state index contributed by atoms with van der Waals surface area (Å²) in [6.45, 7) is 2.26. The Morgan fingerprint density at radius 2 is 2.13 bits per heavy atom. The summed E-state index contributed by atoms with van der Waals surface area (Å²) in [7, 11) is 0. The lowest BCUT2D eigenvalue weighted by Crippen LogP contribution is -2.30. The van der Waals surface area contributed by atoms with Crippen LogP contribution < -0.4 is 5.73 Å². The van der Waals surface area contributed by atoms with Crippen LogP contribution in [-0.2, 0) is 11.2 Å². The Balaban J connectivity index is 2.65. The van der Waals surface area contributed by atoms with Gasteiger partial charge >= 0.3 is 0 Å². The standard InChI is InChI=1S/C11H17NO3/c1-2-15-10(11(13)14)7-8-4-3-5-9(12)6-8/h3-6,10-11,13-14H,2,7,12H2,1H3. The number of benzene rings is 1. The number of anilines is 1. The van der Waals surface area contributed by atoms with Gasteiger partial charge in [-0.2, -0.15) is 0 Å². The average Bonchev–Trinajstić information content (AvgIpc) is 2.17. The van der Waals surface area contributed by atoms with Crippen LogP contribution in [-0.4, -0.2) is 29.2 Å². The predicted molar refractivity (Wildman–Crippen MR) is 58.2 cm³/mol. The van der Waals surface area contributed by atoms with Gasteiger partial charge in [-0.3, -0.25) is 0 Å². The van der Waals surface area contributed by atoms with E-state index in [9.17, 15) is 0 Å². The summed E-state index contributed by atoms with van der Waals surface area (Å²) in [6, 6.07) is 7.30. The van der Waals surface area contributed by atoms with E-state index < -0.39 is 12.4 Å². The first kappa shape index (κ1) is 12.0. The summed E-state index contributed by atoms with van der Waals surface area (Å²) in [5.74, 6) is 0. The maximum Gasteiger partial charge on any atom is 0.178 e. The normalized spacial score (nSPS) is 13.1. The highest BCUT2D eigenvalue weighted by Crippen LogP contribution is 2.12. The molecule has 0 saturated heterocycles. The number of rotatable bonds is 5. The van der Waals surface area contributed by atoms with Gasteiger partial charge in [-0.1, -0.05) is 12.1 Å². The molecule has 0 aliphatic heterocycles. The van der Waals surface area contributed by atoms with Crippen LogP contribution in [0, 0.1) is 0 Å². The van der Waals surface area contributed by atoms with E-state index in [2.05, 4.69) is 0 Å². The SMILES string of the molecule is CCOC(Cc1cccc(N)c1)C(O)O. The van der Waals surface area contributed by atoms with Gasteiger partial charge in [0.05, 0.1) is 0 Å². The molecule has 0 radical (unpaired) electrons. The zero-order valence-corrected chi connectivity index (χ0v) is 8.76. The molecule has 4 heteroatoms. The van der Waals surface area contributed by atoms with Gasteiger partial charge in [0.1, 0.15) is 6.10 Å². The molecule has 1 aromatic rings. The molecule has 15 heavy (non-hydrogen) atoms. The van der Waals surface area contributed by atoms with Crippen molar-refractivity contribution in [2.45, 2.75) is 25.7 Å². The van der Waals surface area contributed by atoms with Gasteiger partial charge in [-0.05, 0) is 24.6 Å². The van der Waals surface area contributed by atoms with Crippen LogP contribution >= 0.6 is 0 Å². The molecule has 84 valence electrons. The molecule has 0 aromatic heterocycles.